The molecule has 0 bridgehead atoms. The molecule has 0 saturated heterocycles. The topological polar surface area (TPSA) is 65.2 Å². The molecular weight excluding hydrogens is 264 g/mol. The average Bonchev–Trinajstić information content (AvgIpc) is 2.36. The van der Waals surface area contributed by atoms with E-state index in [0.717, 1.165) is 16.8 Å². The van der Waals surface area contributed by atoms with E-state index in [1.54, 1.807) is 18.3 Å². The van der Waals surface area contributed by atoms with Crippen molar-refractivity contribution >= 4 is 11.7 Å². The Bertz CT molecular complexity index is 673. The van der Waals surface area contributed by atoms with Crippen LogP contribution in [0.2, 0.25) is 0 Å². The Balaban J connectivity index is 2.40. The van der Waals surface area contributed by atoms with Gasteiger partial charge in [0.25, 0.3) is 0 Å². The lowest BCUT2D eigenvalue weighted by molar-refractivity contribution is 0.00696. The Hall–Kier alpha value is -2.36. The lowest BCUT2D eigenvalue weighted by Crippen LogP contribution is -2.24. The van der Waals surface area contributed by atoms with Crippen molar-refractivity contribution in [3.8, 4) is 11.1 Å². The predicted molar refractivity (Wildman–Crippen MR) is 84.0 cm³/mol. The zero-order valence-electron chi connectivity index (χ0n) is 12.8. The van der Waals surface area contributed by atoms with Crippen LogP contribution in [0.1, 0.15) is 36.8 Å². The summed E-state index contributed by atoms with van der Waals surface area (Å²) in [5, 5.41) is 0. The van der Waals surface area contributed by atoms with E-state index >= 15 is 0 Å². The van der Waals surface area contributed by atoms with Gasteiger partial charge in [0.2, 0.25) is 0 Å². The van der Waals surface area contributed by atoms with E-state index in [-0.39, 0.29) is 5.97 Å². The summed E-state index contributed by atoms with van der Waals surface area (Å²) in [6.07, 6.45) is 1.74. The number of ether oxygens (including phenoxy) is 1. The highest BCUT2D eigenvalue weighted by atomic mass is 16.6. The minimum atomic E-state index is -0.533. The smallest absolute Gasteiger partial charge is 0.338 e. The SMILES string of the molecule is Cc1cc(-c2cc(N)cc(C(=O)OC(C)(C)C)c2)ccn1. The Labute approximate surface area is 125 Å². The lowest BCUT2D eigenvalue weighted by atomic mass is 10.0. The number of hydrogen-bond donors (Lipinski definition) is 1. The van der Waals surface area contributed by atoms with Crippen LogP contribution >= 0.6 is 0 Å². The molecule has 1 heterocycles. The van der Waals surface area contributed by atoms with E-state index < -0.39 is 5.60 Å². The third-order valence-electron chi connectivity index (χ3n) is 2.82. The maximum absolute atomic E-state index is 12.2. The third-order valence-corrected chi connectivity index (χ3v) is 2.82. The van der Waals surface area contributed by atoms with E-state index in [9.17, 15) is 4.79 Å². The second-order valence-electron chi connectivity index (χ2n) is 6.03. The van der Waals surface area contributed by atoms with Crippen molar-refractivity contribution < 1.29 is 9.53 Å². The molecule has 0 spiro atoms. The summed E-state index contributed by atoms with van der Waals surface area (Å²) in [7, 11) is 0. The van der Waals surface area contributed by atoms with Gasteiger partial charge in [-0.25, -0.2) is 4.79 Å². The number of rotatable bonds is 2. The molecular formula is C17H20N2O2. The Morgan fingerprint density at radius 3 is 2.48 bits per heavy atom. The zero-order chi connectivity index (χ0) is 15.6. The third kappa shape index (κ3) is 4.05. The fourth-order valence-corrected chi connectivity index (χ4v) is 2.00. The molecule has 0 saturated carbocycles. The molecule has 2 aromatic rings. The van der Waals surface area contributed by atoms with Gasteiger partial charge >= 0.3 is 5.97 Å². The van der Waals surface area contributed by atoms with Crippen LogP contribution in [0.25, 0.3) is 11.1 Å². The van der Waals surface area contributed by atoms with Crippen LogP contribution in [0.5, 0.6) is 0 Å². The normalized spacial score (nSPS) is 11.2. The Morgan fingerprint density at radius 2 is 1.86 bits per heavy atom. The molecule has 110 valence electrons. The van der Waals surface area contributed by atoms with Crippen LogP contribution in [0.3, 0.4) is 0 Å². The van der Waals surface area contributed by atoms with Crippen molar-refractivity contribution in [2.24, 2.45) is 0 Å². The molecule has 0 unspecified atom stereocenters. The quantitative estimate of drug-likeness (QED) is 0.676. The number of aryl methyl sites for hydroxylation is 1. The molecule has 4 heteroatoms. The molecule has 1 aromatic heterocycles. The number of pyridine rings is 1. The second-order valence-corrected chi connectivity index (χ2v) is 6.03. The minimum absolute atomic E-state index is 0.373. The first-order chi connectivity index (χ1) is 9.74. The maximum atomic E-state index is 12.2. The molecule has 1 aromatic carbocycles. The van der Waals surface area contributed by atoms with Gasteiger partial charge in [0, 0.05) is 17.6 Å². The molecule has 0 aliphatic rings. The van der Waals surface area contributed by atoms with Crippen LogP contribution in [-0.4, -0.2) is 16.6 Å². The molecule has 4 nitrogen and oxygen atoms in total. The Kier molecular flexibility index (Phi) is 3.98. The van der Waals surface area contributed by atoms with Gasteiger partial charge in [-0.15, -0.1) is 0 Å². The first-order valence-corrected chi connectivity index (χ1v) is 6.81. The number of nitrogens with two attached hydrogens (primary N) is 1. The van der Waals surface area contributed by atoms with Gasteiger partial charge in [0.1, 0.15) is 5.60 Å². The highest BCUT2D eigenvalue weighted by molar-refractivity contribution is 5.92. The summed E-state index contributed by atoms with van der Waals surface area (Å²) in [6, 6.07) is 9.10. The monoisotopic (exact) mass is 284 g/mol. The number of nitrogen functional groups attached to an aromatic ring is 1. The van der Waals surface area contributed by atoms with E-state index in [2.05, 4.69) is 4.98 Å². The van der Waals surface area contributed by atoms with E-state index in [0.29, 0.717) is 11.3 Å². The number of aromatic nitrogens is 1. The molecule has 0 amide bonds. The number of hydrogen-bond acceptors (Lipinski definition) is 4. The fraction of sp³-hybridized carbons (Fsp3) is 0.294. The molecule has 0 atom stereocenters. The lowest BCUT2D eigenvalue weighted by Gasteiger charge is -2.20. The van der Waals surface area contributed by atoms with Gasteiger partial charge in [-0.3, -0.25) is 4.98 Å². The number of carbonyl (C=O) groups is 1. The van der Waals surface area contributed by atoms with Crippen molar-refractivity contribution in [3.05, 3.63) is 47.8 Å². The molecule has 0 radical (unpaired) electrons. The van der Waals surface area contributed by atoms with Gasteiger partial charge in [0.05, 0.1) is 5.56 Å². The number of esters is 1. The minimum Gasteiger partial charge on any atom is -0.456 e. The fourth-order valence-electron chi connectivity index (χ4n) is 2.00. The summed E-state index contributed by atoms with van der Waals surface area (Å²) >= 11 is 0. The van der Waals surface area contributed by atoms with Crippen molar-refractivity contribution in [2.45, 2.75) is 33.3 Å². The second kappa shape index (κ2) is 5.56. The average molecular weight is 284 g/mol. The van der Waals surface area contributed by atoms with E-state index in [1.165, 1.54) is 0 Å². The highest BCUT2D eigenvalue weighted by Gasteiger charge is 2.18. The van der Waals surface area contributed by atoms with Crippen molar-refractivity contribution in [1.82, 2.24) is 4.98 Å². The molecule has 0 aliphatic heterocycles. The van der Waals surface area contributed by atoms with Crippen LogP contribution in [0.15, 0.2) is 36.5 Å². The van der Waals surface area contributed by atoms with Gasteiger partial charge in [-0.2, -0.15) is 0 Å². The van der Waals surface area contributed by atoms with Gasteiger partial charge < -0.3 is 10.5 Å². The molecule has 2 N–H and O–H groups in total. The Morgan fingerprint density at radius 1 is 1.14 bits per heavy atom. The van der Waals surface area contributed by atoms with Crippen molar-refractivity contribution in [2.75, 3.05) is 5.73 Å². The van der Waals surface area contributed by atoms with Gasteiger partial charge in [-0.05, 0) is 69.2 Å². The van der Waals surface area contributed by atoms with Gasteiger partial charge in [-0.1, -0.05) is 0 Å². The standard InChI is InChI=1S/C17H20N2O2/c1-11-7-12(5-6-19-11)13-8-14(10-15(18)9-13)16(20)21-17(2,3)4/h5-10H,18H2,1-4H3. The summed E-state index contributed by atoms with van der Waals surface area (Å²) in [4.78, 5) is 16.3. The number of nitrogens with zero attached hydrogens (tertiary/aromatic N) is 1. The molecule has 21 heavy (non-hydrogen) atoms. The van der Waals surface area contributed by atoms with Crippen LogP contribution < -0.4 is 5.73 Å². The first kappa shape index (κ1) is 15.0. The number of anilines is 1. The van der Waals surface area contributed by atoms with Crippen LogP contribution in [0, 0.1) is 6.92 Å². The number of benzene rings is 1. The molecule has 0 fully saturated rings. The predicted octanol–water partition coefficient (Wildman–Crippen LogP) is 3.59. The molecule has 2 rings (SSSR count). The van der Waals surface area contributed by atoms with Crippen molar-refractivity contribution in [1.29, 1.82) is 0 Å². The highest BCUT2D eigenvalue weighted by Crippen LogP contribution is 2.25. The van der Waals surface area contributed by atoms with E-state index in [1.807, 2.05) is 45.9 Å². The summed E-state index contributed by atoms with van der Waals surface area (Å²) < 4.78 is 5.39. The van der Waals surface area contributed by atoms with Crippen molar-refractivity contribution in [3.63, 3.8) is 0 Å². The number of carbonyl (C=O) groups excluding carboxylic acids is 1. The first-order valence-electron chi connectivity index (χ1n) is 6.81. The largest absolute Gasteiger partial charge is 0.456 e. The van der Waals surface area contributed by atoms with Crippen LogP contribution in [0.4, 0.5) is 5.69 Å². The molecule has 0 aliphatic carbocycles. The maximum Gasteiger partial charge on any atom is 0.338 e. The van der Waals surface area contributed by atoms with Crippen LogP contribution in [-0.2, 0) is 4.74 Å². The zero-order valence-corrected chi connectivity index (χ0v) is 12.8. The summed E-state index contributed by atoms with van der Waals surface area (Å²) in [6.45, 7) is 7.43. The summed E-state index contributed by atoms with van der Waals surface area (Å²) in [5.74, 6) is -0.373. The van der Waals surface area contributed by atoms with E-state index in [4.69, 9.17) is 10.5 Å². The van der Waals surface area contributed by atoms with Gasteiger partial charge in [0.15, 0.2) is 0 Å². The summed E-state index contributed by atoms with van der Waals surface area (Å²) in [5.41, 5.74) is 9.12.